The van der Waals surface area contributed by atoms with E-state index in [9.17, 15) is 13.2 Å². The molecular weight excluding hydrogens is 351 g/mol. The second kappa shape index (κ2) is 5.90. The highest BCUT2D eigenvalue weighted by atomic mass is 79.9. The van der Waals surface area contributed by atoms with Gasteiger partial charge < -0.3 is 0 Å². The van der Waals surface area contributed by atoms with E-state index in [4.69, 9.17) is 5.26 Å². The van der Waals surface area contributed by atoms with Crippen LogP contribution in [0.2, 0.25) is 0 Å². The van der Waals surface area contributed by atoms with Gasteiger partial charge in [-0.15, -0.1) is 0 Å². The lowest BCUT2D eigenvalue weighted by Gasteiger charge is -2.11. The first-order valence-electron chi connectivity index (χ1n) is 5.45. The molecule has 0 aromatic heterocycles. The maximum Gasteiger partial charge on any atom is 0.417 e. The maximum absolute atomic E-state index is 12.9. The fourth-order valence-electron chi connectivity index (χ4n) is 1.57. The molecule has 2 rings (SSSR count). The van der Waals surface area contributed by atoms with E-state index in [0.29, 0.717) is 4.90 Å². The fourth-order valence-corrected chi connectivity index (χ4v) is 2.98. The molecule has 20 heavy (non-hydrogen) atoms. The average Bonchev–Trinajstić information content (AvgIpc) is 2.40. The van der Waals surface area contributed by atoms with Crippen molar-refractivity contribution in [3.63, 3.8) is 0 Å². The second-order valence-corrected chi connectivity index (χ2v) is 5.82. The molecule has 6 heteroatoms. The number of nitrogens with zero attached hydrogens (tertiary/aromatic N) is 1. The molecule has 2 aromatic carbocycles. The monoisotopic (exact) mass is 357 g/mol. The van der Waals surface area contributed by atoms with Crippen LogP contribution < -0.4 is 0 Å². The average molecular weight is 358 g/mol. The zero-order valence-corrected chi connectivity index (χ0v) is 12.3. The van der Waals surface area contributed by atoms with Gasteiger partial charge in [-0.05, 0) is 46.3 Å². The van der Waals surface area contributed by atoms with E-state index in [1.54, 1.807) is 18.2 Å². The van der Waals surface area contributed by atoms with Crippen molar-refractivity contribution >= 4 is 27.7 Å². The third kappa shape index (κ3) is 3.35. The van der Waals surface area contributed by atoms with Gasteiger partial charge in [0.05, 0.1) is 17.2 Å². The van der Waals surface area contributed by atoms with Crippen LogP contribution in [0.25, 0.3) is 0 Å². The first-order valence-corrected chi connectivity index (χ1v) is 7.06. The third-order valence-electron chi connectivity index (χ3n) is 2.48. The van der Waals surface area contributed by atoms with Crippen molar-refractivity contribution in [2.75, 3.05) is 0 Å². The predicted octanol–water partition coefficient (Wildman–Crippen LogP) is 5.49. The largest absolute Gasteiger partial charge is 0.417 e. The number of halogens is 4. The van der Waals surface area contributed by atoms with Gasteiger partial charge in [0, 0.05) is 14.3 Å². The molecule has 0 saturated carbocycles. The summed E-state index contributed by atoms with van der Waals surface area (Å²) < 4.78 is 39.4. The summed E-state index contributed by atoms with van der Waals surface area (Å²) in [4.78, 5) is 1.24. The lowest BCUT2D eigenvalue weighted by atomic mass is 10.1. The molecule has 0 amide bonds. The number of alkyl halides is 3. The summed E-state index contributed by atoms with van der Waals surface area (Å²) in [5, 5.41) is 8.74. The molecule has 0 unspecified atom stereocenters. The van der Waals surface area contributed by atoms with E-state index in [1.165, 1.54) is 23.9 Å². The molecule has 0 saturated heterocycles. The molecule has 102 valence electrons. The molecule has 0 atom stereocenters. The van der Waals surface area contributed by atoms with Crippen molar-refractivity contribution in [3.8, 4) is 6.07 Å². The van der Waals surface area contributed by atoms with Gasteiger partial charge in [0.2, 0.25) is 0 Å². The summed E-state index contributed by atoms with van der Waals surface area (Å²) in [6.07, 6.45) is -4.53. The molecule has 1 nitrogen and oxygen atoms in total. The van der Waals surface area contributed by atoms with Crippen LogP contribution in [0.4, 0.5) is 13.2 Å². The van der Waals surface area contributed by atoms with Gasteiger partial charge >= 0.3 is 6.18 Å². The number of rotatable bonds is 2. The van der Waals surface area contributed by atoms with Gasteiger partial charge in [-0.3, -0.25) is 0 Å². The molecule has 0 aliphatic rings. The van der Waals surface area contributed by atoms with E-state index in [2.05, 4.69) is 15.9 Å². The third-order valence-corrected chi connectivity index (χ3v) is 4.50. The molecule has 0 radical (unpaired) electrons. The van der Waals surface area contributed by atoms with E-state index in [-0.39, 0.29) is 5.56 Å². The quantitative estimate of drug-likeness (QED) is 0.709. The number of hydrogen-bond acceptors (Lipinski definition) is 2. The van der Waals surface area contributed by atoms with Crippen LogP contribution in [-0.4, -0.2) is 0 Å². The molecule has 0 heterocycles. The molecule has 0 aliphatic heterocycles. The molecule has 0 bridgehead atoms. The summed E-state index contributed by atoms with van der Waals surface area (Å²) in [6.45, 7) is 0. The van der Waals surface area contributed by atoms with Crippen molar-refractivity contribution in [2.45, 2.75) is 16.0 Å². The highest BCUT2D eigenvalue weighted by Gasteiger charge is 2.33. The SMILES string of the molecule is N#Cc1ccc(Sc2ccccc2Br)cc1C(F)(F)F. The van der Waals surface area contributed by atoms with Crippen LogP contribution in [0.1, 0.15) is 11.1 Å². The molecule has 0 N–H and O–H groups in total. The maximum atomic E-state index is 12.9. The predicted molar refractivity (Wildman–Crippen MR) is 74.4 cm³/mol. The molecule has 0 fully saturated rings. The Bertz CT molecular complexity index is 677. The Hall–Kier alpha value is -1.45. The fraction of sp³-hybridized carbons (Fsp3) is 0.0714. The summed E-state index contributed by atoms with van der Waals surface area (Å²) in [6, 6.07) is 12.5. The van der Waals surface area contributed by atoms with Crippen LogP contribution in [-0.2, 0) is 6.18 Å². The van der Waals surface area contributed by atoms with E-state index < -0.39 is 11.7 Å². The Kier molecular flexibility index (Phi) is 4.41. The van der Waals surface area contributed by atoms with Gasteiger partial charge in [0.15, 0.2) is 0 Å². The van der Waals surface area contributed by atoms with Crippen molar-refractivity contribution in [1.82, 2.24) is 0 Å². The summed E-state index contributed by atoms with van der Waals surface area (Å²) in [5.74, 6) is 0. The van der Waals surface area contributed by atoms with E-state index in [0.717, 1.165) is 15.4 Å². The van der Waals surface area contributed by atoms with Crippen LogP contribution in [0.3, 0.4) is 0 Å². The standard InChI is InChI=1S/C14H7BrF3NS/c15-12-3-1-2-4-13(12)20-10-6-5-9(8-19)11(7-10)14(16,17)18/h1-7H. The molecule has 2 aromatic rings. The second-order valence-electron chi connectivity index (χ2n) is 3.85. The van der Waals surface area contributed by atoms with Gasteiger partial charge in [-0.2, -0.15) is 18.4 Å². The zero-order valence-electron chi connectivity index (χ0n) is 9.91. The summed E-state index contributed by atoms with van der Waals surface area (Å²) in [7, 11) is 0. The number of nitriles is 1. The minimum atomic E-state index is -4.53. The smallest absolute Gasteiger partial charge is 0.192 e. The van der Waals surface area contributed by atoms with Crippen molar-refractivity contribution in [3.05, 3.63) is 58.1 Å². The normalized spacial score (nSPS) is 11.2. The van der Waals surface area contributed by atoms with Crippen molar-refractivity contribution < 1.29 is 13.2 Å². The topological polar surface area (TPSA) is 23.8 Å². The highest BCUT2D eigenvalue weighted by molar-refractivity contribution is 9.10. The highest BCUT2D eigenvalue weighted by Crippen LogP contribution is 2.38. The number of benzene rings is 2. The first-order chi connectivity index (χ1) is 9.41. The minimum Gasteiger partial charge on any atom is -0.192 e. The molecular formula is C14H7BrF3NS. The van der Waals surface area contributed by atoms with Crippen LogP contribution in [0, 0.1) is 11.3 Å². The van der Waals surface area contributed by atoms with Crippen LogP contribution >= 0.6 is 27.7 Å². The Labute approximate surface area is 126 Å². The Morgan fingerprint density at radius 2 is 1.80 bits per heavy atom. The van der Waals surface area contributed by atoms with Crippen molar-refractivity contribution in [1.29, 1.82) is 5.26 Å². The van der Waals surface area contributed by atoms with Crippen molar-refractivity contribution in [2.24, 2.45) is 0 Å². The lowest BCUT2D eigenvalue weighted by Crippen LogP contribution is -2.07. The van der Waals surface area contributed by atoms with Gasteiger partial charge in [-0.1, -0.05) is 23.9 Å². The summed E-state index contributed by atoms with van der Waals surface area (Å²) in [5.41, 5.74) is -1.27. The van der Waals surface area contributed by atoms with Gasteiger partial charge in [0.25, 0.3) is 0 Å². The van der Waals surface area contributed by atoms with Gasteiger partial charge in [0.1, 0.15) is 0 Å². The van der Waals surface area contributed by atoms with Gasteiger partial charge in [-0.25, -0.2) is 0 Å². The number of hydrogen-bond donors (Lipinski definition) is 0. The minimum absolute atomic E-state index is 0.367. The lowest BCUT2D eigenvalue weighted by molar-refractivity contribution is -0.137. The Morgan fingerprint density at radius 1 is 1.10 bits per heavy atom. The Balaban J connectivity index is 2.40. The van der Waals surface area contributed by atoms with Crippen LogP contribution in [0.15, 0.2) is 56.7 Å². The molecule has 0 spiro atoms. The van der Waals surface area contributed by atoms with E-state index in [1.807, 2.05) is 12.1 Å². The molecule has 0 aliphatic carbocycles. The van der Waals surface area contributed by atoms with E-state index >= 15 is 0 Å². The summed E-state index contributed by atoms with van der Waals surface area (Å²) >= 11 is 4.55. The first kappa shape index (κ1) is 14.9. The Morgan fingerprint density at radius 3 is 2.40 bits per heavy atom. The zero-order chi connectivity index (χ0) is 14.8. The van der Waals surface area contributed by atoms with Crippen LogP contribution in [0.5, 0.6) is 0 Å².